The summed E-state index contributed by atoms with van der Waals surface area (Å²) < 4.78 is 58.6. The lowest BCUT2D eigenvalue weighted by atomic mass is 10.1. The lowest BCUT2D eigenvalue weighted by Crippen LogP contribution is -2.34. The minimum absolute atomic E-state index is 0.0170. The Balaban J connectivity index is 2.70. The van der Waals surface area contributed by atoms with E-state index in [1.165, 1.54) is 12.1 Å². The predicted molar refractivity (Wildman–Crippen MR) is 62.6 cm³/mol. The zero-order valence-electron chi connectivity index (χ0n) is 9.97. The minimum atomic E-state index is -5.60. The maximum atomic E-state index is 12.8. The Bertz CT molecular complexity index is 551. The summed E-state index contributed by atoms with van der Waals surface area (Å²) in [7, 11) is -5.60. The number of aryl methyl sites for hydroxylation is 1. The van der Waals surface area contributed by atoms with Crippen LogP contribution in [0.5, 0.6) is 0 Å². The summed E-state index contributed by atoms with van der Waals surface area (Å²) in [6.07, 6.45) is 0.746. The number of ether oxygens (including phenoxy) is 1. The van der Waals surface area contributed by atoms with E-state index in [4.69, 9.17) is 4.55 Å². The number of carbonyl (C=O) groups is 1. The SMILES string of the molecule is CCc1ccc(C(=O)OCC(F)(F)S(=O)(=O)O)cc1. The number of rotatable bonds is 5. The van der Waals surface area contributed by atoms with E-state index in [0.717, 1.165) is 12.0 Å². The van der Waals surface area contributed by atoms with E-state index < -0.39 is 27.9 Å². The molecule has 1 rings (SSSR count). The van der Waals surface area contributed by atoms with E-state index in [0.29, 0.717) is 0 Å². The first-order valence-electron chi connectivity index (χ1n) is 5.28. The van der Waals surface area contributed by atoms with Crippen LogP contribution in [0.25, 0.3) is 0 Å². The van der Waals surface area contributed by atoms with Gasteiger partial charge in [0.2, 0.25) is 0 Å². The number of hydrogen-bond donors (Lipinski definition) is 1. The largest absolute Gasteiger partial charge is 0.454 e. The minimum Gasteiger partial charge on any atom is -0.454 e. The van der Waals surface area contributed by atoms with Crippen LogP contribution in [0.3, 0.4) is 0 Å². The third-order valence-electron chi connectivity index (χ3n) is 2.35. The highest BCUT2D eigenvalue weighted by molar-refractivity contribution is 7.86. The van der Waals surface area contributed by atoms with Crippen molar-refractivity contribution in [3.8, 4) is 0 Å². The molecule has 1 aromatic carbocycles. The van der Waals surface area contributed by atoms with Gasteiger partial charge in [-0.05, 0) is 24.1 Å². The molecule has 1 N–H and O–H groups in total. The first kappa shape index (κ1) is 15.5. The summed E-state index contributed by atoms with van der Waals surface area (Å²) in [5, 5.41) is -4.52. The average molecular weight is 294 g/mol. The number of hydrogen-bond acceptors (Lipinski definition) is 4. The zero-order chi connectivity index (χ0) is 14.7. The van der Waals surface area contributed by atoms with Crippen molar-refractivity contribution in [2.45, 2.75) is 18.6 Å². The fraction of sp³-hybridized carbons (Fsp3) is 0.364. The third-order valence-corrected chi connectivity index (χ3v) is 3.22. The van der Waals surface area contributed by atoms with Gasteiger partial charge in [-0.15, -0.1) is 0 Å². The Morgan fingerprint density at radius 3 is 2.26 bits per heavy atom. The van der Waals surface area contributed by atoms with Gasteiger partial charge in [0.25, 0.3) is 0 Å². The van der Waals surface area contributed by atoms with E-state index in [1.54, 1.807) is 12.1 Å². The number of benzene rings is 1. The fourth-order valence-electron chi connectivity index (χ4n) is 1.18. The molecule has 1 aromatic rings. The molecule has 0 heterocycles. The van der Waals surface area contributed by atoms with Crippen LogP contribution in [0.15, 0.2) is 24.3 Å². The highest BCUT2D eigenvalue weighted by atomic mass is 32.2. The van der Waals surface area contributed by atoms with Gasteiger partial charge in [0, 0.05) is 0 Å². The topological polar surface area (TPSA) is 80.7 Å². The van der Waals surface area contributed by atoms with Crippen LogP contribution in [0.1, 0.15) is 22.8 Å². The lowest BCUT2D eigenvalue weighted by Gasteiger charge is -2.13. The van der Waals surface area contributed by atoms with Gasteiger partial charge in [-0.1, -0.05) is 19.1 Å². The normalized spacial score (nSPS) is 12.2. The van der Waals surface area contributed by atoms with Gasteiger partial charge in [0.15, 0.2) is 6.61 Å². The van der Waals surface area contributed by atoms with Gasteiger partial charge in [-0.2, -0.15) is 17.2 Å². The summed E-state index contributed by atoms with van der Waals surface area (Å²) >= 11 is 0. The Morgan fingerprint density at radius 2 is 1.84 bits per heavy atom. The molecule has 0 saturated heterocycles. The Kier molecular flexibility index (Phi) is 4.59. The van der Waals surface area contributed by atoms with E-state index in [2.05, 4.69) is 4.74 Å². The second-order valence-corrected chi connectivity index (χ2v) is 5.29. The molecular formula is C11H12F2O5S. The van der Waals surface area contributed by atoms with Crippen LogP contribution >= 0.6 is 0 Å². The molecule has 0 bridgehead atoms. The van der Waals surface area contributed by atoms with Crippen molar-refractivity contribution in [1.82, 2.24) is 0 Å². The van der Waals surface area contributed by atoms with Gasteiger partial charge >= 0.3 is 21.3 Å². The van der Waals surface area contributed by atoms with Gasteiger partial charge < -0.3 is 4.74 Å². The molecule has 0 aliphatic rings. The first-order valence-corrected chi connectivity index (χ1v) is 6.72. The van der Waals surface area contributed by atoms with Crippen molar-refractivity contribution in [2.24, 2.45) is 0 Å². The second kappa shape index (κ2) is 5.62. The summed E-state index contributed by atoms with van der Waals surface area (Å²) in [5.74, 6) is -1.09. The smallest absolute Gasteiger partial charge is 0.402 e. The van der Waals surface area contributed by atoms with E-state index in [9.17, 15) is 22.0 Å². The fourth-order valence-corrected chi connectivity index (χ4v) is 1.39. The molecule has 0 radical (unpaired) electrons. The van der Waals surface area contributed by atoms with Crippen LogP contribution in [0.2, 0.25) is 0 Å². The first-order chi connectivity index (χ1) is 8.67. The molecule has 0 unspecified atom stereocenters. The zero-order valence-corrected chi connectivity index (χ0v) is 10.8. The summed E-state index contributed by atoms with van der Waals surface area (Å²) in [5.41, 5.74) is 0.961. The molecule has 0 spiro atoms. The van der Waals surface area contributed by atoms with Crippen LogP contribution < -0.4 is 0 Å². The number of alkyl halides is 2. The molecule has 0 aromatic heterocycles. The quantitative estimate of drug-likeness (QED) is 0.662. The number of esters is 1. The van der Waals surface area contributed by atoms with Crippen molar-refractivity contribution < 1.29 is 31.3 Å². The third kappa shape index (κ3) is 3.97. The Morgan fingerprint density at radius 1 is 1.32 bits per heavy atom. The molecule has 0 fully saturated rings. The second-order valence-electron chi connectivity index (χ2n) is 3.74. The number of halogens is 2. The van der Waals surface area contributed by atoms with Crippen molar-refractivity contribution >= 4 is 16.1 Å². The van der Waals surface area contributed by atoms with Crippen LogP contribution in [0.4, 0.5) is 8.78 Å². The molecule has 0 amide bonds. The van der Waals surface area contributed by atoms with Crippen molar-refractivity contribution in [1.29, 1.82) is 0 Å². The van der Waals surface area contributed by atoms with Gasteiger partial charge in [-0.25, -0.2) is 4.79 Å². The molecule has 5 nitrogen and oxygen atoms in total. The molecule has 0 aliphatic heterocycles. The summed E-state index contributed by atoms with van der Waals surface area (Å²) in [6, 6.07) is 6.01. The molecule has 0 atom stereocenters. The molecule has 0 saturated carbocycles. The van der Waals surface area contributed by atoms with E-state index in [-0.39, 0.29) is 5.56 Å². The maximum absolute atomic E-state index is 12.8. The van der Waals surface area contributed by atoms with Crippen LogP contribution in [0, 0.1) is 0 Å². The molecule has 0 aliphatic carbocycles. The van der Waals surface area contributed by atoms with Gasteiger partial charge in [0.1, 0.15) is 0 Å². The lowest BCUT2D eigenvalue weighted by molar-refractivity contribution is -0.00950. The monoisotopic (exact) mass is 294 g/mol. The molecule has 106 valence electrons. The Hall–Kier alpha value is -1.54. The summed E-state index contributed by atoms with van der Waals surface area (Å²) in [4.78, 5) is 11.4. The molecule has 8 heteroatoms. The van der Waals surface area contributed by atoms with Gasteiger partial charge in [0.05, 0.1) is 5.56 Å². The molecular weight excluding hydrogens is 282 g/mol. The van der Waals surface area contributed by atoms with E-state index in [1.807, 2.05) is 6.92 Å². The highest BCUT2D eigenvalue weighted by Crippen LogP contribution is 2.21. The predicted octanol–water partition coefficient (Wildman–Crippen LogP) is 1.89. The standard InChI is InChI=1S/C11H12F2O5S/c1-2-8-3-5-9(6-4-8)10(14)18-7-11(12,13)19(15,16)17/h3-6H,2,7H2,1H3,(H,15,16,17). The molecule has 19 heavy (non-hydrogen) atoms. The van der Waals surface area contributed by atoms with E-state index >= 15 is 0 Å². The van der Waals surface area contributed by atoms with Crippen molar-refractivity contribution in [2.75, 3.05) is 6.61 Å². The van der Waals surface area contributed by atoms with Gasteiger partial charge in [-0.3, -0.25) is 4.55 Å². The summed E-state index contributed by atoms with van der Waals surface area (Å²) in [6.45, 7) is 0.167. The average Bonchev–Trinajstić information content (AvgIpc) is 2.35. The number of carbonyl (C=O) groups excluding carboxylic acids is 1. The highest BCUT2D eigenvalue weighted by Gasteiger charge is 2.45. The van der Waals surface area contributed by atoms with Crippen LogP contribution in [-0.4, -0.2) is 30.8 Å². The van der Waals surface area contributed by atoms with Crippen molar-refractivity contribution in [3.05, 3.63) is 35.4 Å². The van der Waals surface area contributed by atoms with Crippen molar-refractivity contribution in [3.63, 3.8) is 0 Å². The van der Waals surface area contributed by atoms with Crippen LogP contribution in [-0.2, 0) is 21.3 Å². The maximum Gasteiger partial charge on any atom is 0.402 e. The Labute approximate surface area is 108 Å².